The summed E-state index contributed by atoms with van der Waals surface area (Å²) in [5.74, 6) is 0.432. The lowest BCUT2D eigenvalue weighted by atomic mass is 9.98. The number of hydrogen-bond donors (Lipinski definition) is 3. The molecule has 2 aliphatic rings. The molecule has 7 rings (SSSR count). The number of amides is 3. The minimum Gasteiger partial charge on any atom is -0.453 e. The van der Waals surface area contributed by atoms with Gasteiger partial charge in [-0.1, -0.05) is 62.4 Å². The Hall–Kier alpha value is -5.83. The van der Waals surface area contributed by atoms with Gasteiger partial charge in [0.25, 0.3) is 0 Å². The van der Waals surface area contributed by atoms with Crippen LogP contribution in [-0.4, -0.2) is 92.4 Å². The van der Waals surface area contributed by atoms with Crippen LogP contribution in [0.5, 0.6) is 0 Å². The third kappa shape index (κ3) is 8.84. The molecule has 306 valence electrons. The van der Waals surface area contributed by atoms with Crippen LogP contribution in [-0.2, 0) is 19.0 Å². The second-order valence-electron chi connectivity index (χ2n) is 16.2. The number of H-pyrrole nitrogens is 2. The second kappa shape index (κ2) is 16.6. The van der Waals surface area contributed by atoms with Crippen LogP contribution in [0.4, 0.5) is 18.4 Å². The van der Waals surface area contributed by atoms with Crippen molar-refractivity contribution in [2.24, 2.45) is 5.92 Å². The topological polar surface area (TPSA) is 155 Å². The van der Waals surface area contributed by atoms with Gasteiger partial charge in [-0.05, 0) is 79.1 Å². The average Bonchev–Trinajstić information content (AvgIpc) is 4.02. The van der Waals surface area contributed by atoms with Gasteiger partial charge in [0.15, 0.2) is 0 Å². The van der Waals surface area contributed by atoms with E-state index in [0.717, 1.165) is 57.4 Å². The smallest absolute Gasteiger partial charge is 0.410 e. The van der Waals surface area contributed by atoms with Crippen molar-refractivity contribution in [3.05, 3.63) is 84.7 Å². The largest absolute Gasteiger partial charge is 0.453 e. The average molecular weight is 798 g/mol. The molecule has 3 aromatic carbocycles. The highest BCUT2D eigenvalue weighted by Crippen LogP contribution is 2.37. The molecule has 2 saturated heterocycles. The van der Waals surface area contributed by atoms with E-state index < -0.39 is 42.4 Å². The van der Waals surface area contributed by atoms with E-state index in [1.165, 1.54) is 12.0 Å². The predicted octanol–water partition coefficient (Wildman–Crippen LogP) is 8.62. The molecule has 4 atom stereocenters. The molecule has 3 N–H and O–H groups in total. The Labute approximate surface area is 335 Å². The molecule has 5 aromatic rings. The molecule has 0 bridgehead atoms. The molecule has 0 radical (unpaired) electrons. The normalized spacial score (nSPS) is 19.0. The van der Waals surface area contributed by atoms with E-state index in [-0.39, 0.29) is 31.0 Å². The van der Waals surface area contributed by atoms with Gasteiger partial charge in [0.05, 0.1) is 49.1 Å². The number of likely N-dealkylation sites (tertiary alicyclic amines) is 2. The van der Waals surface area contributed by atoms with Gasteiger partial charge in [-0.25, -0.2) is 19.6 Å². The first kappa shape index (κ1) is 40.4. The summed E-state index contributed by atoms with van der Waals surface area (Å²) in [7, 11) is 1.20. The molecular weight excluding hydrogens is 749 g/mol. The third-order valence-electron chi connectivity index (χ3n) is 10.6. The quantitative estimate of drug-likeness (QED) is 0.127. The Bertz CT molecular complexity index is 2270. The summed E-state index contributed by atoms with van der Waals surface area (Å²) >= 11 is 0. The van der Waals surface area contributed by atoms with E-state index in [4.69, 9.17) is 14.2 Å². The SMILES string of the molecule is COC(=O)NC(C(=O)N1CC(OC(F)F)CC1c1ncc(-c2ccc(-c3ccc4cc(-c5cnc(C6CCCN6C(=O)OC(C)(C)C)[nH]5)ccc4c3)cc2)[nH]1)C(C)C. The van der Waals surface area contributed by atoms with Crippen molar-refractivity contribution in [2.45, 2.75) is 90.3 Å². The van der Waals surface area contributed by atoms with Gasteiger partial charge in [-0.3, -0.25) is 9.69 Å². The molecule has 13 nitrogen and oxygen atoms in total. The maximum Gasteiger partial charge on any atom is 0.410 e. The van der Waals surface area contributed by atoms with E-state index in [9.17, 15) is 23.2 Å². The molecule has 58 heavy (non-hydrogen) atoms. The molecule has 2 aromatic heterocycles. The fraction of sp³-hybridized carbons (Fsp3) is 0.419. The summed E-state index contributed by atoms with van der Waals surface area (Å²) in [5.41, 5.74) is 4.88. The number of imidazole rings is 2. The molecule has 4 unspecified atom stereocenters. The number of fused-ring (bicyclic) bond motifs is 1. The molecule has 2 aliphatic heterocycles. The summed E-state index contributed by atoms with van der Waals surface area (Å²) in [6, 6.07) is 18.8. The highest BCUT2D eigenvalue weighted by atomic mass is 19.3. The van der Waals surface area contributed by atoms with Gasteiger partial charge in [0, 0.05) is 25.1 Å². The first-order valence-electron chi connectivity index (χ1n) is 19.5. The highest BCUT2D eigenvalue weighted by Gasteiger charge is 2.43. The van der Waals surface area contributed by atoms with Crippen molar-refractivity contribution < 1.29 is 37.4 Å². The number of aromatic amines is 2. The van der Waals surface area contributed by atoms with Gasteiger partial charge in [0.1, 0.15) is 23.3 Å². The van der Waals surface area contributed by atoms with Crippen molar-refractivity contribution in [2.75, 3.05) is 20.2 Å². The molecule has 0 saturated carbocycles. The maximum absolute atomic E-state index is 13.7. The lowest BCUT2D eigenvalue weighted by Gasteiger charge is -2.29. The zero-order valence-corrected chi connectivity index (χ0v) is 33.4. The predicted molar refractivity (Wildman–Crippen MR) is 214 cm³/mol. The number of alkyl halides is 2. The number of ether oxygens (including phenoxy) is 3. The Kier molecular flexibility index (Phi) is 11.5. The van der Waals surface area contributed by atoms with Crippen molar-refractivity contribution >= 4 is 28.9 Å². The molecule has 0 aliphatic carbocycles. The number of nitrogens with one attached hydrogen (secondary N) is 3. The Morgan fingerprint density at radius 3 is 2.03 bits per heavy atom. The molecule has 3 amide bonds. The summed E-state index contributed by atoms with van der Waals surface area (Å²) in [6.07, 6.45) is 3.27. The molecular formula is C43H49F2N7O6. The van der Waals surface area contributed by atoms with Crippen LogP contribution >= 0.6 is 0 Å². The van der Waals surface area contributed by atoms with Crippen LogP contribution in [0.25, 0.3) is 44.4 Å². The number of aromatic nitrogens is 4. The van der Waals surface area contributed by atoms with E-state index in [0.29, 0.717) is 18.1 Å². The molecule has 2 fully saturated rings. The molecule has 4 heterocycles. The first-order chi connectivity index (χ1) is 27.7. The number of carbonyl (C=O) groups is 3. The number of nitrogens with zero attached hydrogens (tertiary/aromatic N) is 4. The summed E-state index contributed by atoms with van der Waals surface area (Å²) in [4.78, 5) is 57.8. The van der Waals surface area contributed by atoms with Crippen molar-refractivity contribution in [1.29, 1.82) is 0 Å². The standard InChI is InChI=1S/C43H49F2N7O6/c1-24(2)36(50-41(54)56-6)39(53)52-23-31(57-40(44)45)20-35(52)38-47-21-32(48-38)26-11-9-25(10-12-26)27-13-14-29-19-30(16-15-28(29)18-27)33-22-46-37(49-33)34-8-7-17-51(34)42(55)58-43(3,4)5/h9-16,18-19,21-22,24,31,34-36,40H,7-8,17,20,23H2,1-6H3,(H,46,49)(H,47,48)(H,50,54). The lowest BCUT2D eigenvalue weighted by molar-refractivity contribution is -0.160. The summed E-state index contributed by atoms with van der Waals surface area (Å²) < 4.78 is 41.7. The Balaban J connectivity index is 1.05. The zero-order valence-electron chi connectivity index (χ0n) is 33.4. The number of alkyl carbamates (subject to hydrolysis) is 1. The minimum absolute atomic E-state index is 0.0849. The van der Waals surface area contributed by atoms with Crippen LogP contribution in [0.2, 0.25) is 0 Å². The Morgan fingerprint density at radius 1 is 0.828 bits per heavy atom. The fourth-order valence-corrected chi connectivity index (χ4v) is 7.75. The minimum atomic E-state index is -3.00. The van der Waals surface area contributed by atoms with Crippen LogP contribution in [0.15, 0.2) is 73.1 Å². The van der Waals surface area contributed by atoms with Crippen LogP contribution in [0, 0.1) is 5.92 Å². The molecule has 0 spiro atoms. The Morgan fingerprint density at radius 2 is 1.41 bits per heavy atom. The van der Waals surface area contributed by atoms with Gasteiger partial charge in [-0.2, -0.15) is 8.78 Å². The monoisotopic (exact) mass is 797 g/mol. The fourth-order valence-electron chi connectivity index (χ4n) is 7.75. The van der Waals surface area contributed by atoms with E-state index in [1.807, 2.05) is 51.2 Å². The highest BCUT2D eigenvalue weighted by molar-refractivity contribution is 5.91. The number of carbonyl (C=O) groups excluding carboxylic acids is 3. The van der Waals surface area contributed by atoms with Gasteiger partial charge in [-0.15, -0.1) is 0 Å². The van der Waals surface area contributed by atoms with Crippen LogP contribution in [0.3, 0.4) is 0 Å². The van der Waals surface area contributed by atoms with Crippen LogP contribution in [0.1, 0.15) is 77.6 Å². The van der Waals surface area contributed by atoms with E-state index in [1.54, 1.807) is 24.9 Å². The zero-order chi connectivity index (χ0) is 41.3. The number of hydrogen-bond acceptors (Lipinski definition) is 8. The number of benzene rings is 3. The van der Waals surface area contributed by atoms with Gasteiger partial charge < -0.3 is 34.4 Å². The second-order valence-corrected chi connectivity index (χ2v) is 16.2. The number of methoxy groups -OCH3 is 1. The van der Waals surface area contributed by atoms with Gasteiger partial charge >= 0.3 is 18.8 Å². The first-order valence-corrected chi connectivity index (χ1v) is 19.5. The maximum atomic E-state index is 13.7. The van der Waals surface area contributed by atoms with E-state index in [2.05, 4.69) is 61.7 Å². The summed E-state index contributed by atoms with van der Waals surface area (Å²) in [6.45, 7) is 6.70. The number of halogens is 2. The number of rotatable bonds is 10. The van der Waals surface area contributed by atoms with E-state index >= 15 is 0 Å². The van der Waals surface area contributed by atoms with Crippen LogP contribution < -0.4 is 5.32 Å². The van der Waals surface area contributed by atoms with Gasteiger partial charge in [0.2, 0.25) is 5.91 Å². The van der Waals surface area contributed by atoms with Crippen molar-refractivity contribution in [1.82, 2.24) is 35.1 Å². The lowest BCUT2D eigenvalue weighted by Crippen LogP contribution is -2.51. The summed E-state index contributed by atoms with van der Waals surface area (Å²) in [5, 5.41) is 4.71. The van der Waals surface area contributed by atoms with Crippen molar-refractivity contribution in [3.8, 4) is 33.6 Å². The van der Waals surface area contributed by atoms with Crippen molar-refractivity contribution in [3.63, 3.8) is 0 Å². The third-order valence-corrected chi connectivity index (χ3v) is 10.6. The molecule has 15 heteroatoms.